The quantitative estimate of drug-likeness (QED) is 0.482. The minimum absolute atomic E-state index is 0.132. The van der Waals surface area contributed by atoms with Crippen LogP contribution >= 0.6 is 0 Å². The van der Waals surface area contributed by atoms with Crippen molar-refractivity contribution in [1.29, 1.82) is 0 Å². The third-order valence-electron chi connectivity index (χ3n) is 4.57. The zero-order chi connectivity index (χ0) is 23.9. The predicted octanol–water partition coefficient (Wildman–Crippen LogP) is 3.00. The van der Waals surface area contributed by atoms with E-state index in [0.717, 1.165) is 22.4 Å². The minimum atomic E-state index is -4.52. The third kappa shape index (κ3) is 7.00. The predicted molar refractivity (Wildman–Crippen MR) is 112 cm³/mol. The number of pyridine rings is 1. The summed E-state index contributed by atoms with van der Waals surface area (Å²) in [5, 5.41) is 14.6. The fourth-order valence-corrected chi connectivity index (χ4v) is 2.98. The summed E-state index contributed by atoms with van der Waals surface area (Å²) in [5.41, 5.74) is -0.928. The topological polar surface area (TPSA) is 100 Å². The number of hydrogen-bond acceptors (Lipinski definition) is 4. The molecule has 0 aliphatic rings. The number of nitrogens with zero attached hydrogens (tertiary/aromatic N) is 1. The normalized spacial score (nSPS) is 12.1. The standard InChI is InChI=1S/C22H24F3N3O4/c1-14(2)26-10-4-9-18(21(31)32)27-19(29)17-8-5-11-28(20(17)30)13-15-6-3-7-16(12-15)22(23,24)25/h3,5-8,11-12,18,26H,1,4,9-10,13H2,2H3,(H,27,29)(H,31,32). The van der Waals surface area contributed by atoms with Crippen LogP contribution in [0.25, 0.3) is 0 Å². The number of carboxylic acid groups (broad SMARTS) is 1. The van der Waals surface area contributed by atoms with E-state index >= 15 is 0 Å². The van der Waals surface area contributed by atoms with Crippen molar-refractivity contribution in [1.82, 2.24) is 15.2 Å². The number of carbonyl (C=O) groups is 2. The highest BCUT2D eigenvalue weighted by molar-refractivity contribution is 5.96. The number of rotatable bonds is 10. The first-order chi connectivity index (χ1) is 15.0. The van der Waals surface area contributed by atoms with Crippen molar-refractivity contribution in [2.75, 3.05) is 6.54 Å². The van der Waals surface area contributed by atoms with Crippen LogP contribution in [0.15, 0.2) is 59.7 Å². The molecule has 0 fully saturated rings. The van der Waals surface area contributed by atoms with E-state index in [1.807, 2.05) is 0 Å². The van der Waals surface area contributed by atoms with E-state index in [0.29, 0.717) is 13.0 Å². The number of carboxylic acids is 1. The van der Waals surface area contributed by atoms with Crippen LogP contribution in [-0.2, 0) is 17.5 Å². The van der Waals surface area contributed by atoms with E-state index in [4.69, 9.17) is 0 Å². The highest BCUT2D eigenvalue weighted by Crippen LogP contribution is 2.29. The maximum Gasteiger partial charge on any atom is 0.416 e. The molecular formula is C22H24F3N3O4. The Kier molecular flexibility index (Phi) is 8.22. The molecule has 0 bridgehead atoms. The average Bonchev–Trinajstić information content (AvgIpc) is 2.71. The molecule has 0 radical (unpaired) electrons. The SMILES string of the molecule is C=C(C)NCCCC(NC(=O)c1cccn(Cc2cccc(C(F)(F)F)c2)c1=O)C(=O)O. The summed E-state index contributed by atoms with van der Waals surface area (Å²) in [5.74, 6) is -2.11. The number of benzene rings is 1. The highest BCUT2D eigenvalue weighted by atomic mass is 19.4. The second kappa shape index (κ2) is 10.7. The first-order valence-electron chi connectivity index (χ1n) is 9.77. The minimum Gasteiger partial charge on any atom is -0.480 e. The maximum atomic E-state index is 12.9. The summed E-state index contributed by atoms with van der Waals surface area (Å²) in [4.78, 5) is 36.7. The van der Waals surface area contributed by atoms with Gasteiger partial charge in [0.25, 0.3) is 11.5 Å². The van der Waals surface area contributed by atoms with Gasteiger partial charge in [-0.3, -0.25) is 9.59 Å². The molecule has 172 valence electrons. The lowest BCUT2D eigenvalue weighted by Crippen LogP contribution is -2.43. The Morgan fingerprint density at radius 3 is 2.56 bits per heavy atom. The van der Waals surface area contributed by atoms with Crippen molar-refractivity contribution in [3.63, 3.8) is 0 Å². The lowest BCUT2D eigenvalue weighted by Gasteiger charge is -2.15. The summed E-state index contributed by atoms with van der Waals surface area (Å²) in [6.07, 6.45) is -2.60. The molecule has 1 aromatic carbocycles. The van der Waals surface area contributed by atoms with Crippen LogP contribution < -0.4 is 16.2 Å². The van der Waals surface area contributed by atoms with E-state index < -0.39 is 35.2 Å². The van der Waals surface area contributed by atoms with Gasteiger partial charge in [0.1, 0.15) is 11.6 Å². The Hall–Kier alpha value is -3.56. The van der Waals surface area contributed by atoms with Crippen molar-refractivity contribution >= 4 is 11.9 Å². The molecule has 7 nitrogen and oxygen atoms in total. The molecule has 3 N–H and O–H groups in total. The van der Waals surface area contributed by atoms with Gasteiger partial charge in [0.15, 0.2) is 0 Å². The summed E-state index contributed by atoms with van der Waals surface area (Å²) in [7, 11) is 0. The molecule has 0 aliphatic carbocycles. The first-order valence-corrected chi connectivity index (χ1v) is 9.77. The molecule has 2 rings (SSSR count). The van der Waals surface area contributed by atoms with Gasteiger partial charge in [-0.15, -0.1) is 0 Å². The summed E-state index contributed by atoms with van der Waals surface area (Å²) >= 11 is 0. The monoisotopic (exact) mass is 451 g/mol. The molecule has 1 heterocycles. The number of halogens is 3. The maximum absolute atomic E-state index is 12.9. The molecule has 1 aromatic heterocycles. The van der Waals surface area contributed by atoms with Crippen molar-refractivity contribution in [3.8, 4) is 0 Å². The van der Waals surface area contributed by atoms with Gasteiger partial charge in [-0.05, 0) is 49.6 Å². The van der Waals surface area contributed by atoms with Gasteiger partial charge in [-0.25, -0.2) is 4.79 Å². The number of nitrogens with one attached hydrogen (secondary N) is 2. The van der Waals surface area contributed by atoms with Gasteiger partial charge in [-0.1, -0.05) is 18.7 Å². The number of allylic oxidation sites excluding steroid dienone is 1. The van der Waals surface area contributed by atoms with Gasteiger partial charge in [-0.2, -0.15) is 13.2 Å². The van der Waals surface area contributed by atoms with E-state index in [1.54, 1.807) is 6.92 Å². The zero-order valence-corrected chi connectivity index (χ0v) is 17.4. The number of alkyl halides is 3. The molecule has 32 heavy (non-hydrogen) atoms. The lowest BCUT2D eigenvalue weighted by atomic mass is 10.1. The number of aromatic nitrogens is 1. The van der Waals surface area contributed by atoms with Crippen LogP contribution in [-0.4, -0.2) is 34.1 Å². The Morgan fingerprint density at radius 2 is 1.94 bits per heavy atom. The lowest BCUT2D eigenvalue weighted by molar-refractivity contribution is -0.139. The number of carbonyl (C=O) groups excluding carboxylic acids is 1. The fourth-order valence-electron chi connectivity index (χ4n) is 2.98. The van der Waals surface area contributed by atoms with Crippen molar-refractivity contribution < 1.29 is 27.9 Å². The molecule has 10 heteroatoms. The van der Waals surface area contributed by atoms with Crippen LogP contribution in [0.4, 0.5) is 13.2 Å². The Bertz CT molecular complexity index is 1050. The highest BCUT2D eigenvalue weighted by Gasteiger charge is 2.30. The number of aliphatic carboxylic acids is 1. The molecule has 0 saturated carbocycles. The molecule has 1 amide bonds. The fraction of sp³-hybridized carbons (Fsp3) is 0.318. The third-order valence-corrected chi connectivity index (χ3v) is 4.57. The van der Waals surface area contributed by atoms with Crippen LogP contribution in [0.5, 0.6) is 0 Å². The largest absolute Gasteiger partial charge is 0.480 e. The Labute approximate surface area is 182 Å². The molecule has 2 aromatic rings. The van der Waals surface area contributed by atoms with Gasteiger partial charge >= 0.3 is 12.1 Å². The summed E-state index contributed by atoms with van der Waals surface area (Å²) in [6.45, 7) is 5.72. The molecule has 0 saturated heterocycles. The Morgan fingerprint density at radius 1 is 1.22 bits per heavy atom. The summed E-state index contributed by atoms with van der Waals surface area (Å²) in [6, 6.07) is 5.96. The van der Waals surface area contributed by atoms with Gasteiger partial charge < -0.3 is 20.3 Å². The van der Waals surface area contributed by atoms with Crippen molar-refractivity contribution in [2.24, 2.45) is 0 Å². The van der Waals surface area contributed by atoms with E-state index in [2.05, 4.69) is 17.2 Å². The second-order valence-corrected chi connectivity index (χ2v) is 7.27. The number of amides is 1. The van der Waals surface area contributed by atoms with Crippen molar-refractivity contribution in [3.05, 3.63) is 81.9 Å². The molecular weight excluding hydrogens is 427 g/mol. The molecule has 0 aliphatic heterocycles. The van der Waals surface area contributed by atoms with Crippen molar-refractivity contribution in [2.45, 2.75) is 38.5 Å². The molecule has 1 atom stereocenters. The summed E-state index contributed by atoms with van der Waals surface area (Å²) < 4.78 is 39.8. The van der Waals surface area contributed by atoms with Crippen LogP contribution in [0.2, 0.25) is 0 Å². The van der Waals surface area contributed by atoms with Gasteiger partial charge in [0, 0.05) is 18.4 Å². The smallest absolute Gasteiger partial charge is 0.416 e. The number of hydrogen-bond donors (Lipinski definition) is 3. The van der Waals surface area contributed by atoms with Crippen LogP contribution in [0, 0.1) is 0 Å². The van der Waals surface area contributed by atoms with Gasteiger partial charge in [0.05, 0.1) is 12.1 Å². The molecule has 0 spiro atoms. The second-order valence-electron chi connectivity index (χ2n) is 7.27. The van der Waals surface area contributed by atoms with E-state index in [1.165, 1.54) is 30.5 Å². The van der Waals surface area contributed by atoms with Gasteiger partial charge in [0.2, 0.25) is 0 Å². The van der Waals surface area contributed by atoms with Crippen LogP contribution in [0.1, 0.15) is 41.3 Å². The molecule has 1 unspecified atom stereocenters. The first kappa shape index (κ1) is 24.7. The zero-order valence-electron chi connectivity index (χ0n) is 17.4. The Balaban J connectivity index is 2.15. The van der Waals surface area contributed by atoms with E-state index in [-0.39, 0.29) is 24.1 Å². The average molecular weight is 451 g/mol. The van der Waals surface area contributed by atoms with E-state index in [9.17, 15) is 32.7 Å². The van der Waals surface area contributed by atoms with Crippen LogP contribution in [0.3, 0.4) is 0 Å².